The number of nitrogens with one attached hydrogen (secondary N) is 2. The van der Waals surface area contributed by atoms with E-state index in [4.69, 9.17) is 11.6 Å². The van der Waals surface area contributed by atoms with Crippen LogP contribution in [0.2, 0.25) is 5.02 Å². The summed E-state index contributed by atoms with van der Waals surface area (Å²) in [5, 5.41) is 6.72. The number of carbonyl (C=O) groups excluding carboxylic acids is 1. The third kappa shape index (κ3) is 8.62. The molecular weight excluding hydrogens is 475 g/mol. The van der Waals surface area contributed by atoms with Crippen molar-refractivity contribution in [2.75, 3.05) is 27.2 Å². The van der Waals surface area contributed by atoms with E-state index in [2.05, 4.69) is 27.8 Å². The van der Waals surface area contributed by atoms with Gasteiger partial charge in [-0.15, -0.1) is 24.0 Å². The van der Waals surface area contributed by atoms with Gasteiger partial charge in [0.25, 0.3) is 0 Å². The van der Waals surface area contributed by atoms with Crippen LogP contribution in [0.3, 0.4) is 0 Å². The van der Waals surface area contributed by atoms with Gasteiger partial charge in [0.2, 0.25) is 5.91 Å². The summed E-state index contributed by atoms with van der Waals surface area (Å²) in [4.78, 5) is 18.2. The summed E-state index contributed by atoms with van der Waals surface area (Å²) in [6, 6.07) is 17.8. The van der Waals surface area contributed by atoms with Crippen molar-refractivity contribution in [3.63, 3.8) is 0 Å². The number of rotatable bonds is 7. The maximum atomic E-state index is 12.0. The van der Waals surface area contributed by atoms with E-state index in [0.717, 1.165) is 12.0 Å². The van der Waals surface area contributed by atoms with Gasteiger partial charge in [0.1, 0.15) is 0 Å². The largest absolute Gasteiger partial charge is 0.354 e. The number of nitrogens with zero attached hydrogens (tertiary/aromatic N) is 2. The molecule has 0 bridgehead atoms. The van der Waals surface area contributed by atoms with Crippen LogP contribution in [0.4, 0.5) is 0 Å². The first-order valence-electron chi connectivity index (χ1n) is 8.55. The van der Waals surface area contributed by atoms with Gasteiger partial charge in [0, 0.05) is 32.2 Å². The minimum absolute atomic E-state index is 0. The van der Waals surface area contributed by atoms with Crippen molar-refractivity contribution in [3.8, 4) is 0 Å². The van der Waals surface area contributed by atoms with Crippen LogP contribution in [0.5, 0.6) is 0 Å². The van der Waals surface area contributed by atoms with Gasteiger partial charge in [-0.3, -0.25) is 9.79 Å². The molecule has 7 heteroatoms. The van der Waals surface area contributed by atoms with E-state index in [1.807, 2.05) is 54.4 Å². The van der Waals surface area contributed by atoms with E-state index < -0.39 is 0 Å². The maximum absolute atomic E-state index is 12.0. The molecule has 0 saturated carbocycles. The van der Waals surface area contributed by atoms with Crippen molar-refractivity contribution in [2.45, 2.75) is 13.0 Å². The highest BCUT2D eigenvalue weighted by Gasteiger charge is 2.08. The standard InChI is InChI=1S/C20H25ClN4O.HI/c1-22-20(25(2)15-17-8-10-18(21)11-9-17)24-14-19(26)23-13-12-16-6-4-3-5-7-16;/h3-11H,12-15H2,1-2H3,(H,22,24)(H,23,26);1H. The van der Waals surface area contributed by atoms with E-state index in [1.165, 1.54) is 5.56 Å². The van der Waals surface area contributed by atoms with E-state index in [-0.39, 0.29) is 36.4 Å². The Hall–Kier alpha value is -1.80. The Labute approximate surface area is 183 Å². The molecule has 2 aromatic carbocycles. The van der Waals surface area contributed by atoms with E-state index in [1.54, 1.807) is 7.05 Å². The van der Waals surface area contributed by atoms with Gasteiger partial charge in [-0.25, -0.2) is 0 Å². The summed E-state index contributed by atoms with van der Waals surface area (Å²) in [6.45, 7) is 1.47. The molecule has 0 radical (unpaired) electrons. The molecule has 0 unspecified atom stereocenters. The highest BCUT2D eigenvalue weighted by Crippen LogP contribution is 2.10. The van der Waals surface area contributed by atoms with Crippen molar-refractivity contribution in [2.24, 2.45) is 4.99 Å². The smallest absolute Gasteiger partial charge is 0.239 e. The fourth-order valence-electron chi connectivity index (χ4n) is 2.54. The zero-order chi connectivity index (χ0) is 18.8. The Bertz CT molecular complexity index is 723. The molecule has 146 valence electrons. The number of hydrogen-bond acceptors (Lipinski definition) is 2. The second kappa shape index (κ2) is 12.6. The Balaban J connectivity index is 0.00000364. The predicted octanol–water partition coefficient (Wildman–Crippen LogP) is 3.32. The summed E-state index contributed by atoms with van der Waals surface area (Å²) in [5.41, 5.74) is 2.33. The van der Waals surface area contributed by atoms with Crippen molar-refractivity contribution in [1.82, 2.24) is 15.5 Å². The Morgan fingerprint density at radius 3 is 2.33 bits per heavy atom. The first-order valence-corrected chi connectivity index (χ1v) is 8.93. The van der Waals surface area contributed by atoms with Gasteiger partial charge < -0.3 is 15.5 Å². The zero-order valence-corrected chi connectivity index (χ0v) is 18.7. The van der Waals surface area contributed by atoms with Crippen LogP contribution in [0.1, 0.15) is 11.1 Å². The molecule has 5 nitrogen and oxygen atoms in total. The summed E-state index contributed by atoms with van der Waals surface area (Å²) >= 11 is 5.91. The SMILES string of the molecule is CN=C(NCC(=O)NCCc1ccccc1)N(C)Cc1ccc(Cl)cc1.I. The lowest BCUT2D eigenvalue weighted by molar-refractivity contribution is -0.120. The molecular formula is C20H26ClIN4O. The number of guanidine groups is 1. The minimum Gasteiger partial charge on any atom is -0.354 e. The van der Waals surface area contributed by atoms with Crippen LogP contribution in [0, 0.1) is 0 Å². The Morgan fingerprint density at radius 1 is 1.04 bits per heavy atom. The Kier molecular flexibility index (Phi) is 10.8. The predicted molar refractivity (Wildman–Crippen MR) is 123 cm³/mol. The molecule has 0 aliphatic heterocycles. The van der Waals surface area contributed by atoms with E-state index >= 15 is 0 Å². The van der Waals surface area contributed by atoms with Gasteiger partial charge in [-0.2, -0.15) is 0 Å². The lowest BCUT2D eigenvalue weighted by Gasteiger charge is -2.22. The van der Waals surface area contributed by atoms with Gasteiger partial charge in [0.05, 0.1) is 6.54 Å². The average Bonchev–Trinajstić information content (AvgIpc) is 2.65. The monoisotopic (exact) mass is 500 g/mol. The molecule has 0 heterocycles. The topological polar surface area (TPSA) is 56.7 Å². The summed E-state index contributed by atoms with van der Waals surface area (Å²) in [6.07, 6.45) is 0.817. The number of halogens is 2. The van der Waals surface area contributed by atoms with Crippen molar-refractivity contribution in [3.05, 3.63) is 70.7 Å². The lowest BCUT2D eigenvalue weighted by atomic mass is 10.1. The van der Waals surface area contributed by atoms with Crippen LogP contribution in [0.25, 0.3) is 0 Å². The first kappa shape index (κ1) is 23.2. The number of amides is 1. The van der Waals surface area contributed by atoms with Crippen LogP contribution in [-0.4, -0.2) is 44.0 Å². The van der Waals surface area contributed by atoms with E-state index in [0.29, 0.717) is 24.1 Å². The number of aliphatic imine (C=N–C) groups is 1. The molecule has 0 fully saturated rings. The molecule has 0 aliphatic carbocycles. The molecule has 0 saturated heterocycles. The number of hydrogen-bond donors (Lipinski definition) is 2. The molecule has 2 rings (SSSR count). The summed E-state index contributed by atoms with van der Waals surface area (Å²) < 4.78 is 0. The molecule has 0 aliphatic rings. The molecule has 1 amide bonds. The normalized spacial score (nSPS) is 10.7. The molecule has 0 atom stereocenters. The zero-order valence-electron chi connectivity index (χ0n) is 15.6. The number of benzene rings is 2. The van der Waals surface area contributed by atoms with Crippen molar-refractivity contribution in [1.29, 1.82) is 0 Å². The van der Waals surface area contributed by atoms with Crippen LogP contribution < -0.4 is 10.6 Å². The minimum atomic E-state index is -0.0537. The van der Waals surface area contributed by atoms with Gasteiger partial charge in [0.15, 0.2) is 5.96 Å². The molecule has 0 aromatic heterocycles. The molecule has 2 N–H and O–H groups in total. The van der Waals surface area contributed by atoms with Gasteiger partial charge in [-0.05, 0) is 29.7 Å². The van der Waals surface area contributed by atoms with Crippen LogP contribution in [-0.2, 0) is 17.8 Å². The summed E-state index contributed by atoms with van der Waals surface area (Å²) in [7, 11) is 3.63. The maximum Gasteiger partial charge on any atom is 0.239 e. The second-order valence-electron chi connectivity index (χ2n) is 5.97. The fourth-order valence-corrected chi connectivity index (χ4v) is 2.66. The fraction of sp³-hybridized carbons (Fsp3) is 0.300. The lowest BCUT2D eigenvalue weighted by Crippen LogP contribution is -2.44. The van der Waals surface area contributed by atoms with Gasteiger partial charge >= 0.3 is 0 Å². The highest BCUT2D eigenvalue weighted by molar-refractivity contribution is 14.0. The van der Waals surface area contributed by atoms with Gasteiger partial charge in [-0.1, -0.05) is 54.1 Å². The third-order valence-electron chi connectivity index (χ3n) is 3.89. The van der Waals surface area contributed by atoms with Crippen molar-refractivity contribution < 1.29 is 4.79 Å². The van der Waals surface area contributed by atoms with Crippen molar-refractivity contribution >= 4 is 47.4 Å². The third-order valence-corrected chi connectivity index (χ3v) is 4.14. The second-order valence-corrected chi connectivity index (χ2v) is 6.41. The summed E-state index contributed by atoms with van der Waals surface area (Å²) in [5.74, 6) is 0.611. The number of carbonyl (C=O) groups is 1. The molecule has 0 spiro atoms. The average molecular weight is 501 g/mol. The van der Waals surface area contributed by atoms with E-state index in [9.17, 15) is 4.79 Å². The van der Waals surface area contributed by atoms with Crippen LogP contribution >= 0.6 is 35.6 Å². The molecule has 27 heavy (non-hydrogen) atoms. The first-order chi connectivity index (χ1) is 12.6. The highest BCUT2D eigenvalue weighted by atomic mass is 127. The van der Waals surface area contributed by atoms with Crippen LogP contribution in [0.15, 0.2) is 59.6 Å². The molecule has 2 aromatic rings. The quantitative estimate of drug-likeness (QED) is 0.348. The Morgan fingerprint density at radius 2 is 1.70 bits per heavy atom.